The number of alkyl halides is 3. The van der Waals surface area contributed by atoms with Gasteiger partial charge in [-0.3, -0.25) is 0 Å². The lowest BCUT2D eigenvalue weighted by atomic mass is 10.1. The first kappa shape index (κ1) is 16.4. The van der Waals surface area contributed by atoms with Gasteiger partial charge in [-0.2, -0.15) is 13.2 Å². The molecule has 0 unspecified atom stereocenters. The lowest BCUT2D eigenvalue weighted by molar-refractivity contribution is -0.141. The molecule has 0 amide bonds. The summed E-state index contributed by atoms with van der Waals surface area (Å²) in [5.74, 6) is 0.887. The first-order chi connectivity index (χ1) is 11.4. The summed E-state index contributed by atoms with van der Waals surface area (Å²) in [4.78, 5) is 17.6. The molecule has 0 atom stereocenters. The predicted molar refractivity (Wildman–Crippen MR) is 82.7 cm³/mol. The molecule has 3 rings (SSSR count). The van der Waals surface area contributed by atoms with Gasteiger partial charge in [0.25, 0.3) is 0 Å². The minimum absolute atomic E-state index is 0.126. The number of hydrogen-bond acceptors (Lipinski definition) is 6. The van der Waals surface area contributed by atoms with Gasteiger partial charge in [0, 0.05) is 37.1 Å². The molecule has 0 aliphatic carbocycles. The molecule has 3 heterocycles. The Morgan fingerprint density at radius 2 is 1.92 bits per heavy atom. The van der Waals surface area contributed by atoms with Gasteiger partial charge in [-0.1, -0.05) is 0 Å². The van der Waals surface area contributed by atoms with Crippen molar-refractivity contribution in [1.29, 1.82) is 0 Å². The van der Waals surface area contributed by atoms with Gasteiger partial charge in [0.2, 0.25) is 5.95 Å². The van der Waals surface area contributed by atoms with E-state index in [4.69, 9.17) is 0 Å². The average molecular weight is 338 g/mol. The number of hydrogen-bond donors (Lipinski definition) is 1. The first-order valence-electron chi connectivity index (χ1n) is 7.62. The molecule has 0 spiro atoms. The molecule has 2 aromatic rings. The van der Waals surface area contributed by atoms with Crippen LogP contribution in [0, 0.1) is 6.92 Å². The highest BCUT2D eigenvalue weighted by Gasteiger charge is 2.33. The second-order valence-electron chi connectivity index (χ2n) is 5.69. The zero-order chi connectivity index (χ0) is 17.2. The smallest absolute Gasteiger partial charge is 0.367 e. The number of nitrogens with one attached hydrogen (secondary N) is 1. The van der Waals surface area contributed by atoms with Crippen molar-refractivity contribution in [2.75, 3.05) is 23.3 Å². The van der Waals surface area contributed by atoms with E-state index in [-0.39, 0.29) is 12.0 Å². The van der Waals surface area contributed by atoms with Crippen molar-refractivity contribution >= 4 is 11.8 Å². The number of aromatic nitrogens is 4. The summed E-state index contributed by atoms with van der Waals surface area (Å²) < 4.78 is 38.2. The van der Waals surface area contributed by atoms with Crippen LogP contribution < -0.4 is 10.2 Å². The SMILES string of the molecule is Cc1cc(NC2CCN(c3nccc(C(F)(F)F)n3)CC2)ncn1. The van der Waals surface area contributed by atoms with E-state index < -0.39 is 11.9 Å². The van der Waals surface area contributed by atoms with Crippen LogP contribution in [0.15, 0.2) is 24.7 Å². The minimum Gasteiger partial charge on any atom is -0.367 e. The van der Waals surface area contributed by atoms with Crippen molar-refractivity contribution in [3.63, 3.8) is 0 Å². The molecule has 24 heavy (non-hydrogen) atoms. The van der Waals surface area contributed by atoms with E-state index in [9.17, 15) is 13.2 Å². The Morgan fingerprint density at radius 1 is 1.17 bits per heavy atom. The van der Waals surface area contributed by atoms with Crippen molar-refractivity contribution < 1.29 is 13.2 Å². The van der Waals surface area contributed by atoms with E-state index >= 15 is 0 Å². The molecule has 2 aromatic heterocycles. The van der Waals surface area contributed by atoms with Gasteiger partial charge < -0.3 is 10.2 Å². The third-order valence-corrected chi connectivity index (χ3v) is 3.87. The van der Waals surface area contributed by atoms with Crippen molar-refractivity contribution in [2.24, 2.45) is 0 Å². The maximum absolute atomic E-state index is 12.7. The largest absolute Gasteiger partial charge is 0.433 e. The quantitative estimate of drug-likeness (QED) is 0.928. The second kappa shape index (κ2) is 6.58. The van der Waals surface area contributed by atoms with E-state index in [0.717, 1.165) is 36.6 Å². The van der Waals surface area contributed by atoms with Gasteiger partial charge in [-0.25, -0.2) is 19.9 Å². The number of rotatable bonds is 3. The normalized spacial score (nSPS) is 16.2. The van der Waals surface area contributed by atoms with Crippen LogP contribution in [0.3, 0.4) is 0 Å². The molecular weight excluding hydrogens is 321 g/mol. The highest BCUT2D eigenvalue weighted by atomic mass is 19.4. The Morgan fingerprint density at radius 3 is 2.58 bits per heavy atom. The highest BCUT2D eigenvalue weighted by Crippen LogP contribution is 2.28. The topological polar surface area (TPSA) is 66.8 Å². The van der Waals surface area contributed by atoms with E-state index in [1.165, 1.54) is 6.33 Å². The zero-order valence-corrected chi connectivity index (χ0v) is 13.1. The molecule has 128 valence electrons. The van der Waals surface area contributed by atoms with Crippen molar-refractivity contribution in [3.05, 3.63) is 36.0 Å². The summed E-state index contributed by atoms with van der Waals surface area (Å²) in [6.07, 6.45) is -0.268. The lowest BCUT2D eigenvalue weighted by Gasteiger charge is -2.32. The maximum Gasteiger partial charge on any atom is 0.433 e. The number of aryl methyl sites for hydroxylation is 1. The van der Waals surface area contributed by atoms with Crippen LogP contribution in [0.5, 0.6) is 0 Å². The van der Waals surface area contributed by atoms with Crippen LogP contribution in [0.2, 0.25) is 0 Å². The van der Waals surface area contributed by atoms with E-state index in [1.807, 2.05) is 13.0 Å². The summed E-state index contributed by atoms with van der Waals surface area (Å²) in [6.45, 7) is 3.06. The maximum atomic E-state index is 12.7. The van der Waals surface area contributed by atoms with Crippen molar-refractivity contribution in [1.82, 2.24) is 19.9 Å². The standard InChI is InChI=1S/C15H17F3N6/c1-10-8-13(21-9-20-10)22-11-3-6-24(7-4-11)14-19-5-2-12(23-14)15(16,17)18/h2,5,8-9,11H,3-4,6-7H2,1H3,(H,20,21,22). The summed E-state index contributed by atoms with van der Waals surface area (Å²) >= 11 is 0. The van der Waals surface area contributed by atoms with Crippen LogP contribution in [0.25, 0.3) is 0 Å². The summed E-state index contributed by atoms with van der Waals surface area (Å²) in [7, 11) is 0. The zero-order valence-electron chi connectivity index (χ0n) is 13.1. The van der Waals surface area contributed by atoms with Gasteiger partial charge in [-0.05, 0) is 25.8 Å². The van der Waals surface area contributed by atoms with E-state index in [0.29, 0.717) is 13.1 Å². The summed E-state index contributed by atoms with van der Waals surface area (Å²) in [5, 5.41) is 3.33. The van der Waals surface area contributed by atoms with Gasteiger partial charge in [0.1, 0.15) is 17.8 Å². The number of halogens is 3. The van der Waals surface area contributed by atoms with Crippen LogP contribution >= 0.6 is 0 Å². The Kier molecular flexibility index (Phi) is 4.50. The van der Waals surface area contributed by atoms with Crippen molar-refractivity contribution in [2.45, 2.75) is 32.0 Å². The van der Waals surface area contributed by atoms with Gasteiger partial charge in [0.05, 0.1) is 0 Å². The molecule has 1 fully saturated rings. The van der Waals surface area contributed by atoms with E-state index in [1.54, 1.807) is 4.90 Å². The molecule has 1 aliphatic heterocycles. The second-order valence-corrected chi connectivity index (χ2v) is 5.69. The monoisotopic (exact) mass is 338 g/mol. The fourth-order valence-corrected chi connectivity index (χ4v) is 2.63. The molecule has 6 nitrogen and oxygen atoms in total. The van der Waals surface area contributed by atoms with Crippen LogP contribution in [0.4, 0.5) is 24.9 Å². The van der Waals surface area contributed by atoms with Crippen LogP contribution in [0.1, 0.15) is 24.2 Å². The average Bonchev–Trinajstić information content (AvgIpc) is 2.55. The Balaban J connectivity index is 1.61. The third kappa shape index (κ3) is 3.90. The number of nitrogens with zero attached hydrogens (tertiary/aromatic N) is 5. The Bertz CT molecular complexity index is 698. The number of piperidine rings is 1. The predicted octanol–water partition coefficient (Wildman–Crippen LogP) is 2.67. The Hall–Kier alpha value is -2.45. The molecule has 1 saturated heterocycles. The molecular formula is C15H17F3N6. The summed E-state index contributed by atoms with van der Waals surface area (Å²) in [6, 6.07) is 2.96. The molecule has 0 radical (unpaired) electrons. The number of anilines is 2. The van der Waals surface area contributed by atoms with Gasteiger partial charge >= 0.3 is 6.18 Å². The molecule has 1 aliphatic rings. The van der Waals surface area contributed by atoms with Crippen molar-refractivity contribution in [3.8, 4) is 0 Å². The van der Waals surface area contributed by atoms with Crippen LogP contribution in [-0.2, 0) is 6.18 Å². The fourth-order valence-electron chi connectivity index (χ4n) is 2.63. The summed E-state index contributed by atoms with van der Waals surface area (Å²) in [5.41, 5.74) is -0.0356. The molecule has 0 bridgehead atoms. The van der Waals surface area contributed by atoms with E-state index in [2.05, 4.69) is 25.3 Å². The van der Waals surface area contributed by atoms with Gasteiger partial charge in [0.15, 0.2) is 0 Å². The lowest BCUT2D eigenvalue weighted by Crippen LogP contribution is -2.40. The fraction of sp³-hybridized carbons (Fsp3) is 0.467. The molecule has 1 N–H and O–H groups in total. The first-order valence-corrected chi connectivity index (χ1v) is 7.62. The molecule has 0 saturated carbocycles. The van der Waals surface area contributed by atoms with Gasteiger partial charge in [-0.15, -0.1) is 0 Å². The third-order valence-electron chi connectivity index (χ3n) is 3.87. The highest BCUT2D eigenvalue weighted by molar-refractivity contribution is 5.37. The Labute approximate surface area is 137 Å². The van der Waals surface area contributed by atoms with Crippen LogP contribution in [-0.4, -0.2) is 39.1 Å². The molecule has 0 aromatic carbocycles. The molecule has 9 heteroatoms. The minimum atomic E-state index is -4.46.